The predicted octanol–water partition coefficient (Wildman–Crippen LogP) is -4.17. The Morgan fingerprint density at radius 1 is 0.371 bits per heavy atom. The lowest BCUT2D eigenvalue weighted by molar-refractivity contribution is -0.143. The van der Waals surface area contributed by atoms with Gasteiger partial charge >= 0.3 is 17.9 Å². The second-order valence-electron chi connectivity index (χ2n) is 27.0. The zero-order chi connectivity index (χ0) is 86.1. The number of hydrogen-bond acceptors (Lipinski definition) is 24. The number of hydrogen-bond donors (Lipinski definition) is 23. The van der Waals surface area contributed by atoms with Crippen molar-refractivity contribution >= 4 is 138 Å². The van der Waals surface area contributed by atoms with E-state index < -0.39 is 223 Å². The highest BCUT2D eigenvalue weighted by molar-refractivity contribution is 7.98. The summed E-state index contributed by atoms with van der Waals surface area (Å²) in [6, 6.07) is 8.35. The molecule has 0 fully saturated rings. The minimum Gasteiger partial charge on any atom is -0.508 e. The van der Waals surface area contributed by atoms with Crippen LogP contribution in [-0.4, -0.2) is 248 Å². The molecule has 12 atom stereocenters. The first-order valence-electron chi connectivity index (χ1n) is 36.7. The van der Waals surface area contributed by atoms with Gasteiger partial charge in [0.25, 0.3) is 0 Å². The van der Waals surface area contributed by atoms with Crippen LogP contribution in [0.25, 0.3) is 0 Å². The molecule has 0 spiro atoms. The summed E-state index contributed by atoms with van der Waals surface area (Å²) >= 11 is 9.70. The molecule has 0 aliphatic heterocycles. The number of carbonyl (C=O) groups excluding carboxylic acids is 14. The van der Waals surface area contributed by atoms with Crippen molar-refractivity contribution in [2.45, 2.75) is 157 Å². The maximum atomic E-state index is 14.6. The largest absolute Gasteiger partial charge is 0.508 e. The number of carboxylic acid groups (broad SMARTS) is 3. The highest BCUT2D eigenvalue weighted by Gasteiger charge is 2.38. The standard InChI is InChI=1S/C75H102N16O22S3/c1-40(2)63(74(111)84-49(75(112)113)17-11-12-27-76)91-71(108)55(34-62(99)100)88-66(103)48(26-28-116-4)83-70(107)53(32-45-20-24-47(93)25-21-45)86-72(109)56(38-114)89-64(101)41(3)80-67(104)52(31-44-18-22-46(92)23-19-44)85-68(105)50(29-42-13-7-5-8-14-42)82-60(96)37-79-65(102)54(33-61(97)98)87-73(110)57(39-115)90-69(106)51(30-43-15-9-6-10-16-43)81-59(95)36-78-58(94)35-77/h5-10,13-16,18-25,40-41,48-57,63,92-93,114-115H,11-12,17,26-39,76-77H2,1-4H3,(H,78,94)(H,79,102)(H,80,104)(H,81,95)(H,82,96)(H,83,107)(H,84,111)(H,85,105)(H,86,109)(H,87,110)(H,88,103)(H,89,101)(H,90,106)(H,91,108)(H,97,98)(H,99,100)(H,112,113)/t41-,48-,49-,50-,51+,52-,53+,54-,55-,56-,57-,63-/m0/s1. The number of carbonyl (C=O) groups is 17. The quantitative estimate of drug-likeness (QED) is 0.0147. The van der Waals surface area contributed by atoms with Crippen molar-refractivity contribution in [2.75, 3.05) is 49.7 Å². The Morgan fingerprint density at radius 3 is 1.13 bits per heavy atom. The minimum atomic E-state index is -1.91. The molecule has 0 bridgehead atoms. The van der Waals surface area contributed by atoms with Crippen molar-refractivity contribution in [3.05, 3.63) is 131 Å². The average molecular weight is 1680 g/mol. The van der Waals surface area contributed by atoms with Gasteiger partial charge in [0, 0.05) is 37.2 Å². The van der Waals surface area contributed by atoms with E-state index in [2.05, 4.69) is 99.7 Å². The van der Waals surface area contributed by atoms with Gasteiger partial charge in [-0.2, -0.15) is 37.0 Å². The predicted molar refractivity (Wildman–Crippen MR) is 428 cm³/mol. The Kier molecular flexibility index (Phi) is 42.2. The molecule has 0 aliphatic rings. The van der Waals surface area contributed by atoms with Crippen LogP contribution in [0.2, 0.25) is 0 Å². The Bertz CT molecular complexity index is 4030. The Hall–Kier alpha value is -11.6. The second-order valence-corrected chi connectivity index (χ2v) is 28.7. The average Bonchev–Trinajstić information content (AvgIpc) is 0.858. The molecule has 4 aromatic rings. The van der Waals surface area contributed by atoms with Gasteiger partial charge < -0.3 is 111 Å². The van der Waals surface area contributed by atoms with Crippen LogP contribution in [0.4, 0.5) is 0 Å². The lowest BCUT2D eigenvalue weighted by atomic mass is 10.0. The van der Waals surface area contributed by atoms with E-state index in [0.29, 0.717) is 35.1 Å². The van der Waals surface area contributed by atoms with Crippen molar-refractivity contribution in [1.82, 2.24) is 74.4 Å². The number of phenols is 2. The van der Waals surface area contributed by atoms with Crippen molar-refractivity contribution in [2.24, 2.45) is 17.4 Å². The van der Waals surface area contributed by atoms with E-state index in [0.717, 1.165) is 0 Å². The molecule has 0 aliphatic carbocycles. The van der Waals surface area contributed by atoms with Gasteiger partial charge in [0.05, 0.1) is 32.5 Å². The van der Waals surface area contributed by atoms with Gasteiger partial charge in [-0.15, -0.1) is 0 Å². The second kappa shape index (κ2) is 50.6. The Morgan fingerprint density at radius 2 is 0.724 bits per heavy atom. The molecule has 0 radical (unpaired) electrons. The van der Waals surface area contributed by atoms with Crippen LogP contribution >= 0.6 is 37.0 Å². The van der Waals surface area contributed by atoms with Crippen LogP contribution in [0, 0.1) is 5.92 Å². The molecule has 14 amide bonds. The van der Waals surface area contributed by atoms with Gasteiger partial charge in [-0.25, -0.2) is 4.79 Å². The molecule has 0 saturated heterocycles. The normalized spacial score (nSPS) is 14.0. The van der Waals surface area contributed by atoms with E-state index in [1.165, 1.54) is 81.1 Å². The molecule has 23 N–H and O–H groups in total. The third-order valence-corrected chi connectivity index (χ3v) is 18.8. The zero-order valence-corrected chi connectivity index (χ0v) is 66.7. The molecule has 632 valence electrons. The fourth-order valence-corrected chi connectivity index (χ4v) is 12.1. The molecular weight excluding hydrogens is 1570 g/mol. The van der Waals surface area contributed by atoms with Crippen LogP contribution in [0.3, 0.4) is 0 Å². The summed E-state index contributed by atoms with van der Waals surface area (Å²) in [7, 11) is 0. The summed E-state index contributed by atoms with van der Waals surface area (Å²) in [4.78, 5) is 230. The number of amides is 14. The Labute approximate surface area is 683 Å². The molecule has 38 nitrogen and oxygen atoms in total. The van der Waals surface area contributed by atoms with Gasteiger partial charge in [0.15, 0.2) is 0 Å². The van der Waals surface area contributed by atoms with E-state index in [1.54, 1.807) is 66.9 Å². The van der Waals surface area contributed by atoms with E-state index in [1.807, 2.05) is 0 Å². The van der Waals surface area contributed by atoms with Crippen molar-refractivity contribution in [3.63, 3.8) is 0 Å². The fourth-order valence-electron chi connectivity index (χ4n) is 11.1. The lowest BCUT2D eigenvalue weighted by Gasteiger charge is -2.28. The SMILES string of the molecule is CSCC[C@H](NC(=O)[C@@H](Cc1ccc(O)cc1)NC(=O)[C@H](CS)NC(=O)[C@H](C)NC(=O)[C@H](Cc1ccc(O)cc1)NC(=O)[C@H](Cc1ccccc1)NC(=O)CNC(=O)[C@H](CC(=O)O)NC(=O)[C@H](CS)NC(=O)[C@@H](Cc1ccccc1)NC(=O)CNC(=O)CN)C(=O)N[C@@H](CC(=O)O)C(=O)N[C@H](C(=O)N[C@@H](CCCCN)C(=O)O)C(C)C. The monoisotopic (exact) mass is 1670 g/mol. The maximum Gasteiger partial charge on any atom is 0.326 e. The third kappa shape index (κ3) is 35.0. The summed E-state index contributed by atoms with van der Waals surface area (Å²) in [6.45, 7) is 2.61. The summed E-state index contributed by atoms with van der Waals surface area (Å²) < 4.78 is 0. The van der Waals surface area contributed by atoms with Crippen molar-refractivity contribution in [3.8, 4) is 11.5 Å². The smallest absolute Gasteiger partial charge is 0.326 e. The first-order valence-corrected chi connectivity index (χ1v) is 39.3. The molecule has 41 heteroatoms. The number of carboxylic acids is 3. The van der Waals surface area contributed by atoms with Crippen molar-refractivity contribution < 1.29 is 107 Å². The number of nitrogens with one attached hydrogen (secondary N) is 14. The molecule has 116 heavy (non-hydrogen) atoms. The highest BCUT2D eigenvalue weighted by atomic mass is 32.2. The fraction of sp³-hybridized carbons (Fsp3) is 0.453. The minimum absolute atomic E-state index is 0.00750. The molecule has 0 unspecified atom stereocenters. The highest BCUT2D eigenvalue weighted by Crippen LogP contribution is 2.17. The van der Waals surface area contributed by atoms with Crippen LogP contribution in [0.1, 0.15) is 81.5 Å². The number of thiol groups is 2. The summed E-state index contributed by atoms with van der Waals surface area (Å²) in [5, 5.41) is 83.6. The zero-order valence-electron chi connectivity index (χ0n) is 64.1. The topological polar surface area (TPSA) is 612 Å². The first kappa shape index (κ1) is 96.8. The van der Waals surface area contributed by atoms with Crippen LogP contribution in [-0.2, 0) is 107 Å². The first-order chi connectivity index (χ1) is 55.1. The Balaban J connectivity index is 1.54. The van der Waals surface area contributed by atoms with Gasteiger partial charge in [0.1, 0.15) is 84.0 Å². The van der Waals surface area contributed by atoms with E-state index >= 15 is 0 Å². The van der Waals surface area contributed by atoms with E-state index in [-0.39, 0.29) is 62.3 Å². The van der Waals surface area contributed by atoms with Crippen LogP contribution in [0.15, 0.2) is 109 Å². The molecule has 0 heterocycles. The number of nitrogens with two attached hydrogens (primary N) is 2. The number of rotatable bonds is 51. The van der Waals surface area contributed by atoms with E-state index in [4.69, 9.17) is 11.5 Å². The van der Waals surface area contributed by atoms with Crippen molar-refractivity contribution in [1.29, 1.82) is 0 Å². The number of aliphatic carboxylic acids is 3. The number of thioether (sulfide) groups is 1. The van der Waals surface area contributed by atoms with Gasteiger partial charge in [-0.05, 0) is 104 Å². The van der Waals surface area contributed by atoms with E-state index in [9.17, 15) is 107 Å². The number of unbranched alkanes of at least 4 members (excludes halogenated alkanes) is 1. The number of phenolic OH excluding ortho intramolecular Hbond substituents is 2. The number of aromatic hydroxyl groups is 2. The van der Waals surface area contributed by atoms with Crippen LogP contribution < -0.4 is 85.9 Å². The third-order valence-electron chi connectivity index (χ3n) is 17.4. The summed E-state index contributed by atoms with van der Waals surface area (Å²) in [5.41, 5.74) is 12.6. The lowest BCUT2D eigenvalue weighted by Crippen LogP contribution is -2.61. The molecule has 4 aromatic carbocycles. The van der Waals surface area contributed by atoms with Crippen LogP contribution in [0.5, 0.6) is 11.5 Å². The number of benzene rings is 4. The van der Waals surface area contributed by atoms with Gasteiger partial charge in [0.2, 0.25) is 82.7 Å². The molecule has 0 saturated carbocycles. The summed E-state index contributed by atoms with van der Waals surface area (Å²) in [5.74, 6) is -20.2. The molecule has 4 rings (SSSR count). The summed E-state index contributed by atoms with van der Waals surface area (Å²) in [6.07, 6.45) is -0.775. The van der Waals surface area contributed by atoms with Gasteiger partial charge in [-0.1, -0.05) is 98.8 Å². The maximum absolute atomic E-state index is 14.6. The van der Waals surface area contributed by atoms with Gasteiger partial charge in [-0.3, -0.25) is 76.7 Å². The molecular formula is C75H102N16O22S3. The molecule has 0 aromatic heterocycles.